The van der Waals surface area contributed by atoms with Crippen molar-refractivity contribution in [3.63, 3.8) is 0 Å². The molecule has 0 aromatic carbocycles. The average molecular weight is 562 g/mol. The summed E-state index contributed by atoms with van der Waals surface area (Å²) < 4.78 is 0. The van der Waals surface area contributed by atoms with E-state index in [-0.39, 0.29) is 68.4 Å². The largest absolute Gasteiger partial charge is 0.295 e. The number of amides is 2. The molecule has 7 heteroatoms. The molecule has 0 bridgehead atoms. The van der Waals surface area contributed by atoms with E-state index < -0.39 is 10.8 Å². The molecule has 3 fully saturated rings. The highest BCUT2D eigenvalue weighted by molar-refractivity contribution is 6.04. The van der Waals surface area contributed by atoms with E-state index in [4.69, 9.17) is 0 Å². The Hall–Kier alpha value is -2.75. The zero-order valence-corrected chi connectivity index (χ0v) is 26.1. The zero-order valence-electron chi connectivity index (χ0n) is 26.1. The van der Waals surface area contributed by atoms with Crippen LogP contribution in [-0.4, -0.2) is 23.4 Å². The molecular weight excluding hydrogens is 514 g/mol. The van der Waals surface area contributed by atoms with Gasteiger partial charge in [-0.3, -0.25) is 30.0 Å². The first-order valence-corrected chi connectivity index (χ1v) is 15.4. The Morgan fingerprint density at radius 2 is 1.63 bits per heavy atom. The Morgan fingerprint density at radius 3 is 2.27 bits per heavy atom. The lowest BCUT2D eigenvalue weighted by Gasteiger charge is -2.69. The van der Waals surface area contributed by atoms with Crippen LogP contribution in [-0.2, 0) is 19.2 Å². The minimum atomic E-state index is -0.687. The molecular formula is C34H47N3O4. The lowest BCUT2D eigenvalue weighted by atomic mass is 9.34. The first-order chi connectivity index (χ1) is 18.9. The van der Waals surface area contributed by atoms with E-state index in [9.17, 15) is 24.4 Å². The molecule has 7 atom stereocenters. The van der Waals surface area contributed by atoms with E-state index in [2.05, 4.69) is 51.5 Å². The maximum Gasteiger partial charge on any atom is 0.238 e. The number of nitriles is 1. The van der Waals surface area contributed by atoms with Gasteiger partial charge in [0.1, 0.15) is 6.07 Å². The smallest absolute Gasteiger partial charge is 0.238 e. The standard InChI is InChI=1S/C34H47N3O4/c1-20(38)36-37-26(40)18-34-13-11-29(2,3)17-22(34)27-23(39)15-25-31(6)16-21(19-35)28(41)30(4,5)24(31)9-10-32(25,7)33(27,8)12-14-34/h15-16,22,24,27H,9-14,17-18H2,1-8H3,(H,36,38)(H,37,40)/t22?,24-,27?,31-,32+,33+,34+/m0/s1. The van der Waals surface area contributed by atoms with Gasteiger partial charge < -0.3 is 0 Å². The molecule has 5 aliphatic rings. The number of ketones is 2. The van der Waals surface area contributed by atoms with Gasteiger partial charge in [-0.2, -0.15) is 5.26 Å². The minimum Gasteiger partial charge on any atom is -0.295 e. The summed E-state index contributed by atoms with van der Waals surface area (Å²) in [6.45, 7) is 16.6. The molecule has 5 aliphatic carbocycles. The zero-order chi connectivity index (χ0) is 30.4. The van der Waals surface area contributed by atoms with Gasteiger partial charge in [0.05, 0.1) is 5.57 Å². The van der Waals surface area contributed by atoms with Gasteiger partial charge in [-0.25, -0.2) is 0 Å². The maximum atomic E-state index is 14.5. The molecule has 0 aromatic heterocycles. The minimum absolute atomic E-state index is 0.0145. The highest BCUT2D eigenvalue weighted by atomic mass is 16.2. The Balaban J connectivity index is 1.62. The second-order valence-corrected chi connectivity index (χ2v) is 16.0. The number of nitrogens with zero attached hydrogens (tertiary/aromatic N) is 1. The van der Waals surface area contributed by atoms with E-state index in [1.807, 2.05) is 26.0 Å². The summed E-state index contributed by atoms with van der Waals surface area (Å²) in [4.78, 5) is 52.4. The number of rotatable bonds is 2. The number of carbonyl (C=O) groups excluding carboxylic acids is 4. The van der Waals surface area contributed by atoms with Crippen molar-refractivity contribution in [3.05, 3.63) is 23.3 Å². The first kappa shape index (κ1) is 29.7. The second-order valence-electron chi connectivity index (χ2n) is 16.0. The number of fused-ring (bicyclic) bond motifs is 7. The second kappa shape index (κ2) is 9.12. The lowest BCUT2D eigenvalue weighted by molar-refractivity contribution is -0.174. The maximum absolute atomic E-state index is 14.5. The Labute approximate surface area is 244 Å². The summed E-state index contributed by atoms with van der Waals surface area (Å²) in [6.07, 6.45) is 10.3. The Morgan fingerprint density at radius 1 is 0.976 bits per heavy atom. The van der Waals surface area contributed by atoms with Crippen LogP contribution in [0, 0.1) is 61.6 Å². The molecule has 41 heavy (non-hydrogen) atoms. The fraction of sp³-hybridized carbons (Fsp3) is 0.735. The van der Waals surface area contributed by atoms with Crippen molar-refractivity contribution in [2.45, 2.75) is 107 Å². The number of hydrogen-bond acceptors (Lipinski definition) is 5. The summed E-state index contributed by atoms with van der Waals surface area (Å²) in [5, 5.41) is 9.91. The van der Waals surface area contributed by atoms with Crippen molar-refractivity contribution in [1.82, 2.24) is 10.9 Å². The monoisotopic (exact) mass is 561 g/mol. The van der Waals surface area contributed by atoms with Crippen molar-refractivity contribution < 1.29 is 19.2 Å². The van der Waals surface area contributed by atoms with Crippen LogP contribution in [0.3, 0.4) is 0 Å². The molecule has 222 valence electrons. The molecule has 3 saturated carbocycles. The molecule has 5 rings (SSSR count). The predicted molar refractivity (Wildman–Crippen MR) is 155 cm³/mol. The van der Waals surface area contributed by atoms with Crippen LogP contribution in [0.15, 0.2) is 23.3 Å². The van der Waals surface area contributed by atoms with E-state index in [0.29, 0.717) is 6.42 Å². The third kappa shape index (κ3) is 4.10. The summed E-state index contributed by atoms with van der Waals surface area (Å²) in [6, 6.07) is 2.17. The van der Waals surface area contributed by atoms with Crippen LogP contribution in [0.4, 0.5) is 0 Å². The van der Waals surface area contributed by atoms with Gasteiger partial charge in [0, 0.05) is 30.1 Å². The van der Waals surface area contributed by atoms with Gasteiger partial charge >= 0.3 is 0 Å². The van der Waals surface area contributed by atoms with Gasteiger partial charge in [-0.05, 0) is 84.5 Å². The number of Topliss-reactive ketones (excluding diaryl/α,β-unsaturated/α-hetero) is 1. The molecule has 0 saturated heterocycles. The van der Waals surface area contributed by atoms with Gasteiger partial charge in [-0.15, -0.1) is 0 Å². The number of allylic oxidation sites excluding steroid dienone is 4. The SMILES string of the molecule is CC(=O)NNC(=O)C[C@]12CCC(C)(C)CC1C1C(=O)C=C3[C@@]4(C)C=C(C#N)C(=O)C(C)(C)[C@@H]4CC[C@@]3(C)[C@]1(C)CC2. The lowest BCUT2D eigenvalue weighted by Crippen LogP contribution is -2.65. The van der Waals surface area contributed by atoms with Gasteiger partial charge in [-0.1, -0.05) is 60.1 Å². The molecule has 0 heterocycles. The first-order valence-electron chi connectivity index (χ1n) is 15.4. The van der Waals surface area contributed by atoms with Crippen molar-refractivity contribution in [2.24, 2.45) is 50.2 Å². The van der Waals surface area contributed by atoms with E-state index in [0.717, 1.165) is 50.5 Å². The molecule has 2 amide bonds. The molecule has 0 aliphatic heterocycles. The summed E-state index contributed by atoms with van der Waals surface area (Å²) in [5.74, 6) is -0.617. The van der Waals surface area contributed by atoms with E-state index in [1.165, 1.54) is 6.92 Å². The molecule has 0 spiro atoms. The number of hydrogen-bond donors (Lipinski definition) is 2. The fourth-order valence-corrected chi connectivity index (χ4v) is 10.6. The third-order valence-electron chi connectivity index (χ3n) is 12.9. The van der Waals surface area contributed by atoms with Gasteiger partial charge in [0.2, 0.25) is 11.8 Å². The highest BCUT2D eigenvalue weighted by Crippen LogP contribution is 2.74. The van der Waals surface area contributed by atoms with Crippen LogP contribution in [0.5, 0.6) is 0 Å². The topological polar surface area (TPSA) is 116 Å². The summed E-state index contributed by atoms with van der Waals surface area (Å²) in [5.41, 5.74) is 4.25. The van der Waals surface area contributed by atoms with Crippen LogP contribution in [0.1, 0.15) is 107 Å². The van der Waals surface area contributed by atoms with Crippen molar-refractivity contribution >= 4 is 23.4 Å². The molecule has 0 aromatic rings. The number of hydrazine groups is 1. The quantitative estimate of drug-likeness (QED) is 0.416. The van der Waals surface area contributed by atoms with E-state index in [1.54, 1.807) is 0 Å². The molecule has 2 N–H and O–H groups in total. The summed E-state index contributed by atoms with van der Waals surface area (Å²) in [7, 11) is 0. The van der Waals surface area contributed by atoms with E-state index >= 15 is 0 Å². The van der Waals surface area contributed by atoms with Crippen molar-refractivity contribution in [2.75, 3.05) is 0 Å². The van der Waals surface area contributed by atoms with Crippen molar-refractivity contribution in [1.29, 1.82) is 5.26 Å². The van der Waals surface area contributed by atoms with Crippen LogP contribution >= 0.6 is 0 Å². The van der Waals surface area contributed by atoms with Gasteiger partial charge in [0.25, 0.3) is 0 Å². The average Bonchev–Trinajstić information content (AvgIpc) is 2.87. The predicted octanol–water partition coefficient (Wildman–Crippen LogP) is 5.76. The number of carbonyl (C=O) groups is 4. The Kier molecular flexibility index (Phi) is 6.62. The number of nitrogens with one attached hydrogen (secondary N) is 2. The normalized spacial score (nSPS) is 42.2. The van der Waals surface area contributed by atoms with Crippen LogP contribution < -0.4 is 10.9 Å². The molecule has 7 nitrogen and oxygen atoms in total. The Bertz CT molecular complexity index is 1330. The highest BCUT2D eigenvalue weighted by Gasteiger charge is 2.69. The molecule has 2 unspecified atom stereocenters. The van der Waals surface area contributed by atoms with Gasteiger partial charge in [0.15, 0.2) is 11.6 Å². The summed E-state index contributed by atoms with van der Waals surface area (Å²) >= 11 is 0. The van der Waals surface area contributed by atoms with Crippen LogP contribution in [0.2, 0.25) is 0 Å². The molecule has 0 radical (unpaired) electrons. The fourth-order valence-electron chi connectivity index (χ4n) is 10.6. The van der Waals surface area contributed by atoms with Crippen molar-refractivity contribution in [3.8, 4) is 6.07 Å². The third-order valence-corrected chi connectivity index (χ3v) is 12.9. The van der Waals surface area contributed by atoms with Crippen LogP contribution in [0.25, 0.3) is 0 Å².